The van der Waals surface area contributed by atoms with Crippen molar-refractivity contribution in [3.05, 3.63) is 165 Å². The van der Waals surface area contributed by atoms with E-state index in [1.807, 2.05) is 72.8 Å². The minimum atomic E-state index is 0.252. The van der Waals surface area contributed by atoms with Gasteiger partial charge in [-0.2, -0.15) is 0 Å². The van der Waals surface area contributed by atoms with Gasteiger partial charge in [0.1, 0.15) is 52.6 Å². The first-order chi connectivity index (χ1) is 46.4. The zero-order valence-electron chi connectivity index (χ0n) is 54.4. The van der Waals surface area contributed by atoms with E-state index in [1.54, 1.807) is 28.4 Å². The van der Waals surface area contributed by atoms with Crippen molar-refractivity contribution in [3.8, 4) is 23.0 Å². The van der Waals surface area contributed by atoms with Gasteiger partial charge >= 0.3 is 0 Å². The molecule has 0 radical (unpaired) electrons. The van der Waals surface area contributed by atoms with Crippen molar-refractivity contribution >= 4 is 44.2 Å². The van der Waals surface area contributed by atoms with E-state index in [-0.39, 0.29) is 26.4 Å². The number of azide groups is 2. The van der Waals surface area contributed by atoms with Crippen LogP contribution in [-0.4, -0.2) is 196 Å². The maximum Gasteiger partial charge on any atom is 0.245 e. The number of benzene rings is 6. The average Bonchev–Trinajstić information content (AvgIpc) is 1.85. The van der Waals surface area contributed by atoms with E-state index < -0.39 is 0 Å². The van der Waals surface area contributed by atoms with Crippen LogP contribution in [0.15, 0.2) is 132 Å². The van der Waals surface area contributed by atoms with Crippen molar-refractivity contribution in [2.45, 2.75) is 26.2 Å². The number of aromatic nitrogens is 4. The van der Waals surface area contributed by atoms with Crippen LogP contribution in [0, 0.1) is 0 Å². The minimum Gasteiger partial charge on any atom is -0.487 e. The molecule has 26 nitrogen and oxygen atoms in total. The highest BCUT2D eigenvalue weighted by molar-refractivity contribution is 5.89. The lowest BCUT2D eigenvalue weighted by Crippen LogP contribution is -2.33. The molecule has 0 fully saturated rings. The van der Waals surface area contributed by atoms with Gasteiger partial charge in [-0.05, 0) is 33.0 Å². The Morgan fingerprint density at radius 2 is 0.660 bits per heavy atom. The lowest BCUT2D eigenvalue weighted by atomic mass is 9.98. The number of fused-ring (bicyclic) bond motifs is 3. The van der Waals surface area contributed by atoms with Crippen LogP contribution < -0.4 is 28.1 Å². The second-order valence-corrected chi connectivity index (χ2v) is 21.2. The van der Waals surface area contributed by atoms with Crippen molar-refractivity contribution in [1.29, 1.82) is 0 Å². The Morgan fingerprint density at radius 3 is 0.968 bits per heavy atom. The van der Waals surface area contributed by atoms with E-state index in [1.165, 1.54) is 0 Å². The van der Waals surface area contributed by atoms with Gasteiger partial charge in [0.15, 0.2) is 45.1 Å². The molecule has 8 aromatic rings. The van der Waals surface area contributed by atoms with Crippen molar-refractivity contribution < 1.29 is 84.9 Å². The third-order valence-corrected chi connectivity index (χ3v) is 14.7. The van der Waals surface area contributed by atoms with Gasteiger partial charge in [-0.1, -0.05) is 95.2 Å². The molecular formula is C68H88N10O16+2. The molecule has 26 heteroatoms. The summed E-state index contributed by atoms with van der Waals surface area (Å²) >= 11 is 0. The first-order valence-electron chi connectivity index (χ1n) is 31.4. The molecule has 0 spiro atoms. The normalized spacial score (nSPS) is 11.4. The molecule has 0 aliphatic carbocycles. The van der Waals surface area contributed by atoms with Crippen LogP contribution in [0.3, 0.4) is 0 Å². The predicted octanol–water partition coefficient (Wildman–Crippen LogP) is 9.63. The zero-order chi connectivity index (χ0) is 65.6. The van der Waals surface area contributed by atoms with E-state index in [4.69, 9.17) is 86.9 Å². The summed E-state index contributed by atoms with van der Waals surface area (Å²) in [6.07, 6.45) is 4.24. The molecule has 6 aromatic carbocycles. The Balaban J connectivity index is 1.15. The van der Waals surface area contributed by atoms with Gasteiger partial charge < -0.3 is 75.8 Å². The van der Waals surface area contributed by atoms with Gasteiger partial charge in [-0.15, -0.1) is 0 Å². The number of hydrogen-bond acceptors (Lipinski definition) is 18. The predicted molar refractivity (Wildman–Crippen MR) is 351 cm³/mol. The van der Waals surface area contributed by atoms with E-state index in [9.17, 15) is 0 Å². The molecule has 0 saturated carbocycles. The first kappa shape index (κ1) is 71.7. The highest BCUT2D eigenvalue weighted by atomic mass is 16.6. The Kier molecular flexibility index (Phi) is 31.7. The van der Waals surface area contributed by atoms with Crippen LogP contribution >= 0.6 is 0 Å². The fraction of sp³-hybridized carbons (Fsp3) is 0.471. The Hall–Kier alpha value is -8.14. The highest BCUT2D eigenvalue weighted by Gasteiger charge is 2.26. The van der Waals surface area contributed by atoms with Gasteiger partial charge in [-0.25, -0.2) is 18.3 Å². The summed E-state index contributed by atoms with van der Waals surface area (Å²) in [6.45, 7) is 11.5. The third kappa shape index (κ3) is 23.1. The number of imidazole rings is 2. The number of ether oxygens (including phenoxy) is 16. The summed E-state index contributed by atoms with van der Waals surface area (Å²) in [6, 6.07) is 36.0. The standard InChI is InChI=1S/C68H88N10O16/c1-79-19-23-83-27-31-87-35-39-91-64-43-60-62(45-66(64)93-41-37-89-33-29-85-25-21-81-3)77(51-75(60)47-53-11-15-58(16-12-53)71-73-69)49-56-9-5-7-55-8-6-10-57(68(55)56)50-78-52-76(48-54-13-17-59(18-14-54)72-74-70)61-44-65(92-40-36-88-32-28-84-24-20-80-2)67(46-63(61)78)94-42-38-90-34-30-86-26-22-82-4/h5-18,43-46,51-52H,19-42,47-50H2,1-4H3/q+2. The summed E-state index contributed by atoms with van der Waals surface area (Å²) in [5.41, 5.74) is 27.1. The maximum atomic E-state index is 9.16. The monoisotopic (exact) mass is 1300 g/mol. The Labute approximate surface area is 547 Å². The quantitative estimate of drug-likeness (QED) is 0.0113. The van der Waals surface area contributed by atoms with Crippen LogP contribution in [0.25, 0.3) is 53.7 Å². The smallest absolute Gasteiger partial charge is 0.245 e. The summed E-state index contributed by atoms with van der Waals surface area (Å²) in [4.78, 5) is 5.96. The second kappa shape index (κ2) is 41.5. The first-order valence-corrected chi connectivity index (χ1v) is 31.4. The Bertz CT molecular complexity index is 3390. The minimum absolute atomic E-state index is 0.252. The zero-order valence-corrected chi connectivity index (χ0v) is 54.4. The Morgan fingerprint density at radius 1 is 0.362 bits per heavy atom. The number of nitrogens with zero attached hydrogens (tertiary/aromatic N) is 10. The summed E-state index contributed by atoms with van der Waals surface area (Å²) in [5.74, 6) is 2.16. The van der Waals surface area contributed by atoms with Gasteiger partial charge in [0, 0.05) is 85.0 Å². The lowest BCUT2D eigenvalue weighted by Gasteiger charge is -2.14. The van der Waals surface area contributed by atoms with Crippen LogP contribution in [-0.2, 0) is 83.0 Å². The SMILES string of the molecule is COCCOCCOCCOc1cc2c(cc1OCCOCCOCCOC)[n+](Cc1ccc(N=[N+]=[N-])cc1)cn2Cc1cccc2cccc(Cn3c[n+](Cc4ccc(N=[N+]=[N-])cc4)c4cc(OCCOCCOCCOC)c(OCCOCCOCCOC)cc43)c12. The number of methoxy groups -OCH3 is 4. The molecule has 2 aromatic heterocycles. The summed E-state index contributed by atoms with van der Waals surface area (Å²) < 4.78 is 101. The van der Waals surface area contributed by atoms with Gasteiger partial charge in [0.25, 0.3) is 0 Å². The molecule has 0 aliphatic rings. The molecule has 0 saturated heterocycles. The summed E-state index contributed by atoms with van der Waals surface area (Å²) in [5, 5.41) is 9.79. The molecule has 0 atom stereocenters. The second-order valence-electron chi connectivity index (χ2n) is 21.2. The maximum absolute atomic E-state index is 9.16. The van der Waals surface area contributed by atoms with E-state index in [0.29, 0.717) is 193 Å². The lowest BCUT2D eigenvalue weighted by molar-refractivity contribution is -0.663. The number of hydrogen-bond donors (Lipinski definition) is 0. The molecule has 0 amide bonds. The molecular weight excluding hydrogens is 1210 g/mol. The fourth-order valence-corrected chi connectivity index (χ4v) is 10.2. The number of rotatable bonds is 50. The molecule has 94 heavy (non-hydrogen) atoms. The molecule has 0 bridgehead atoms. The van der Waals surface area contributed by atoms with E-state index in [0.717, 1.165) is 55.1 Å². The van der Waals surface area contributed by atoms with Gasteiger partial charge in [-0.3, -0.25) is 0 Å². The van der Waals surface area contributed by atoms with Crippen LogP contribution in [0.4, 0.5) is 11.4 Å². The van der Waals surface area contributed by atoms with Crippen molar-refractivity contribution in [1.82, 2.24) is 9.13 Å². The van der Waals surface area contributed by atoms with E-state index >= 15 is 0 Å². The molecule has 8 rings (SSSR count). The largest absolute Gasteiger partial charge is 0.487 e. The van der Waals surface area contributed by atoms with E-state index in [2.05, 4.69) is 87.4 Å². The molecule has 0 aliphatic heterocycles. The molecule has 0 unspecified atom stereocenters. The van der Waals surface area contributed by atoms with Crippen molar-refractivity contribution in [3.63, 3.8) is 0 Å². The van der Waals surface area contributed by atoms with Crippen molar-refractivity contribution in [2.24, 2.45) is 10.2 Å². The third-order valence-electron chi connectivity index (χ3n) is 14.7. The fourth-order valence-electron chi connectivity index (χ4n) is 10.2. The topological polar surface area (TPSA) is 263 Å². The van der Waals surface area contributed by atoms with Crippen molar-refractivity contribution in [2.75, 3.05) is 187 Å². The molecule has 0 N–H and O–H groups in total. The molecule has 504 valence electrons. The average molecular weight is 1300 g/mol. The van der Waals surface area contributed by atoms with Crippen LogP contribution in [0.5, 0.6) is 23.0 Å². The highest BCUT2D eigenvalue weighted by Crippen LogP contribution is 2.36. The molecule has 2 heterocycles. The van der Waals surface area contributed by atoms with Gasteiger partial charge in [0.2, 0.25) is 12.7 Å². The summed E-state index contributed by atoms with van der Waals surface area (Å²) in [7, 11) is 6.56. The van der Waals surface area contributed by atoms with Gasteiger partial charge in [0.05, 0.1) is 132 Å². The van der Waals surface area contributed by atoms with Crippen LogP contribution in [0.2, 0.25) is 0 Å². The van der Waals surface area contributed by atoms with Crippen LogP contribution in [0.1, 0.15) is 22.3 Å².